The molecule has 0 aliphatic carbocycles. The molecule has 0 aromatic heterocycles. The first-order valence-electron chi connectivity index (χ1n) is 5.24. The third-order valence-electron chi connectivity index (χ3n) is 2.43. The van der Waals surface area contributed by atoms with Gasteiger partial charge in [0.15, 0.2) is 0 Å². The lowest BCUT2D eigenvalue weighted by Crippen LogP contribution is -1.95. The topological polar surface area (TPSA) is 55.2 Å². The van der Waals surface area contributed by atoms with Gasteiger partial charge in [0.1, 0.15) is 5.82 Å². The summed E-state index contributed by atoms with van der Waals surface area (Å²) >= 11 is 17.5. The molecule has 0 unspecified atom stereocenters. The molecule has 2 aromatic rings. The Morgan fingerprint density at radius 2 is 1.65 bits per heavy atom. The van der Waals surface area contributed by atoms with Gasteiger partial charge in [-0.2, -0.15) is 0 Å². The summed E-state index contributed by atoms with van der Waals surface area (Å²) in [5.41, 5.74) is 0.512. The Balaban J connectivity index is 2.38. The molecule has 104 valence electrons. The number of non-ortho nitro benzene ring substituents is 1. The van der Waals surface area contributed by atoms with Gasteiger partial charge in [-0.25, -0.2) is 4.39 Å². The Morgan fingerprint density at radius 1 is 1.05 bits per heavy atom. The van der Waals surface area contributed by atoms with Gasteiger partial charge in [-0.3, -0.25) is 10.1 Å². The van der Waals surface area contributed by atoms with E-state index >= 15 is 0 Å². The van der Waals surface area contributed by atoms with Crippen LogP contribution in [0.4, 0.5) is 21.5 Å². The molecule has 0 saturated carbocycles. The lowest BCUT2D eigenvalue weighted by Gasteiger charge is -2.11. The van der Waals surface area contributed by atoms with Crippen LogP contribution in [-0.4, -0.2) is 4.92 Å². The van der Waals surface area contributed by atoms with Crippen molar-refractivity contribution in [3.63, 3.8) is 0 Å². The normalized spacial score (nSPS) is 10.4. The molecule has 20 heavy (non-hydrogen) atoms. The molecule has 0 spiro atoms. The summed E-state index contributed by atoms with van der Waals surface area (Å²) in [5.74, 6) is -0.557. The van der Waals surface area contributed by atoms with Gasteiger partial charge in [0.05, 0.1) is 25.7 Å². The van der Waals surface area contributed by atoms with Crippen LogP contribution in [0.15, 0.2) is 30.3 Å². The van der Waals surface area contributed by atoms with Crippen LogP contribution in [0.25, 0.3) is 0 Å². The third kappa shape index (κ3) is 3.12. The fourth-order valence-corrected chi connectivity index (χ4v) is 2.25. The first-order valence-corrected chi connectivity index (χ1v) is 6.37. The molecule has 8 heteroatoms. The van der Waals surface area contributed by atoms with E-state index in [1.54, 1.807) is 0 Å². The number of benzene rings is 2. The van der Waals surface area contributed by atoms with Crippen LogP contribution >= 0.6 is 34.8 Å². The van der Waals surface area contributed by atoms with E-state index < -0.39 is 10.7 Å². The van der Waals surface area contributed by atoms with Crippen molar-refractivity contribution in [3.05, 3.63) is 61.3 Å². The average Bonchev–Trinajstić information content (AvgIpc) is 2.37. The fraction of sp³-hybridized carbons (Fsp3) is 0. The first kappa shape index (κ1) is 14.8. The predicted octanol–water partition coefficient (Wildman–Crippen LogP) is 5.44. The molecule has 0 aliphatic rings. The Labute approximate surface area is 128 Å². The summed E-state index contributed by atoms with van der Waals surface area (Å²) in [4.78, 5) is 10.1. The zero-order valence-corrected chi connectivity index (χ0v) is 11.9. The Hall–Kier alpha value is -1.56. The van der Waals surface area contributed by atoms with Gasteiger partial charge in [-0.1, -0.05) is 34.8 Å². The SMILES string of the molecule is O=[N+]([O-])c1cc(Cl)c(Nc2ccc(F)c(Cl)c2)c(Cl)c1. The zero-order valence-electron chi connectivity index (χ0n) is 9.66. The highest BCUT2D eigenvalue weighted by Crippen LogP contribution is 2.37. The molecule has 0 aliphatic heterocycles. The minimum Gasteiger partial charge on any atom is -0.353 e. The number of rotatable bonds is 3. The van der Waals surface area contributed by atoms with Crippen molar-refractivity contribution < 1.29 is 9.31 Å². The minimum atomic E-state index is -0.601. The number of nitrogens with one attached hydrogen (secondary N) is 1. The second-order valence-electron chi connectivity index (χ2n) is 3.80. The van der Waals surface area contributed by atoms with Crippen molar-refractivity contribution in [2.45, 2.75) is 0 Å². The summed E-state index contributed by atoms with van der Waals surface area (Å²) in [7, 11) is 0. The maximum atomic E-state index is 13.1. The van der Waals surface area contributed by atoms with Crippen LogP contribution in [0.5, 0.6) is 0 Å². The summed E-state index contributed by atoms with van der Waals surface area (Å²) in [6.07, 6.45) is 0. The van der Waals surface area contributed by atoms with E-state index in [9.17, 15) is 14.5 Å². The van der Waals surface area contributed by atoms with E-state index in [1.807, 2.05) is 0 Å². The van der Waals surface area contributed by atoms with Crippen LogP contribution in [0.2, 0.25) is 15.1 Å². The van der Waals surface area contributed by atoms with Gasteiger partial charge in [0, 0.05) is 17.8 Å². The smallest absolute Gasteiger partial charge is 0.272 e. The second-order valence-corrected chi connectivity index (χ2v) is 5.02. The van der Waals surface area contributed by atoms with Crippen LogP contribution in [0.1, 0.15) is 0 Å². The van der Waals surface area contributed by atoms with E-state index in [0.717, 1.165) is 0 Å². The number of nitro groups is 1. The van der Waals surface area contributed by atoms with Gasteiger partial charge >= 0.3 is 0 Å². The number of anilines is 2. The second kappa shape index (κ2) is 5.83. The number of nitro benzene ring substituents is 1. The highest BCUT2D eigenvalue weighted by Gasteiger charge is 2.15. The maximum absolute atomic E-state index is 13.1. The van der Waals surface area contributed by atoms with Crippen molar-refractivity contribution in [1.82, 2.24) is 0 Å². The monoisotopic (exact) mass is 334 g/mol. The predicted molar refractivity (Wildman–Crippen MR) is 77.8 cm³/mol. The standard InChI is InChI=1S/C12H6Cl3FN2O2/c13-8-3-6(1-2-11(8)16)17-12-9(14)4-7(18(19)20)5-10(12)15/h1-5,17H. The molecule has 0 bridgehead atoms. The molecule has 0 radical (unpaired) electrons. The van der Waals surface area contributed by atoms with Crippen molar-refractivity contribution >= 4 is 51.9 Å². The van der Waals surface area contributed by atoms with Crippen molar-refractivity contribution in [2.75, 3.05) is 5.32 Å². The minimum absolute atomic E-state index is 0.0656. The van der Waals surface area contributed by atoms with E-state index in [2.05, 4.69) is 5.32 Å². The van der Waals surface area contributed by atoms with Gasteiger partial charge in [-0.15, -0.1) is 0 Å². The van der Waals surface area contributed by atoms with E-state index in [-0.39, 0.29) is 26.4 Å². The molecular formula is C12H6Cl3FN2O2. The summed E-state index contributed by atoms with van der Waals surface area (Å²) < 4.78 is 13.1. The van der Waals surface area contributed by atoms with Crippen LogP contribution in [0, 0.1) is 15.9 Å². The Kier molecular flexibility index (Phi) is 4.32. The summed E-state index contributed by atoms with van der Waals surface area (Å²) in [5, 5.41) is 13.6. The zero-order chi connectivity index (χ0) is 14.9. The van der Waals surface area contributed by atoms with Gasteiger partial charge in [0.25, 0.3) is 5.69 Å². The highest BCUT2D eigenvalue weighted by molar-refractivity contribution is 6.39. The first-order chi connectivity index (χ1) is 9.38. The fourth-order valence-electron chi connectivity index (χ4n) is 1.50. The van der Waals surface area contributed by atoms with Crippen LogP contribution < -0.4 is 5.32 Å². The van der Waals surface area contributed by atoms with Gasteiger partial charge in [-0.05, 0) is 18.2 Å². The molecule has 0 saturated heterocycles. The molecule has 0 fully saturated rings. The van der Waals surface area contributed by atoms with Crippen LogP contribution in [-0.2, 0) is 0 Å². The quantitative estimate of drug-likeness (QED) is 0.600. The third-order valence-corrected chi connectivity index (χ3v) is 3.31. The maximum Gasteiger partial charge on any atom is 0.272 e. The molecule has 0 atom stereocenters. The number of nitrogens with zero attached hydrogens (tertiary/aromatic N) is 1. The van der Waals surface area contributed by atoms with Crippen LogP contribution in [0.3, 0.4) is 0 Å². The number of halogens is 4. The lowest BCUT2D eigenvalue weighted by molar-refractivity contribution is -0.384. The molecule has 2 rings (SSSR count). The molecular weight excluding hydrogens is 330 g/mol. The van der Waals surface area contributed by atoms with E-state index in [4.69, 9.17) is 34.8 Å². The van der Waals surface area contributed by atoms with E-state index in [0.29, 0.717) is 5.69 Å². The van der Waals surface area contributed by atoms with E-state index in [1.165, 1.54) is 30.3 Å². The van der Waals surface area contributed by atoms with Crippen molar-refractivity contribution in [1.29, 1.82) is 0 Å². The number of hydrogen-bond donors (Lipinski definition) is 1. The summed E-state index contributed by atoms with van der Waals surface area (Å²) in [6, 6.07) is 6.31. The molecule has 2 aromatic carbocycles. The van der Waals surface area contributed by atoms with Crippen molar-refractivity contribution in [3.8, 4) is 0 Å². The Bertz CT molecular complexity index is 671. The average molecular weight is 336 g/mol. The Morgan fingerprint density at radius 3 is 2.15 bits per heavy atom. The molecule has 1 N–H and O–H groups in total. The lowest BCUT2D eigenvalue weighted by atomic mass is 10.2. The molecule has 0 amide bonds. The molecule has 0 heterocycles. The highest BCUT2D eigenvalue weighted by atomic mass is 35.5. The summed E-state index contributed by atoms with van der Waals surface area (Å²) in [6.45, 7) is 0. The largest absolute Gasteiger partial charge is 0.353 e. The van der Waals surface area contributed by atoms with Gasteiger partial charge < -0.3 is 5.32 Å². The van der Waals surface area contributed by atoms with Gasteiger partial charge in [0.2, 0.25) is 0 Å². The van der Waals surface area contributed by atoms with Crippen molar-refractivity contribution in [2.24, 2.45) is 0 Å². The number of hydrogen-bond acceptors (Lipinski definition) is 3. The molecule has 4 nitrogen and oxygen atoms in total.